The Morgan fingerprint density at radius 1 is 1.07 bits per heavy atom. The zero-order valence-electron chi connectivity index (χ0n) is 16.1. The third-order valence-electron chi connectivity index (χ3n) is 5.43. The summed E-state index contributed by atoms with van der Waals surface area (Å²) in [4.78, 5) is 12.4. The molecule has 1 aliphatic rings. The van der Waals surface area contributed by atoms with Gasteiger partial charge in [0.05, 0.1) is 11.9 Å². The SMILES string of the molecule is Cc1ccc(/C=N\NC(=O)c2cc(-c3ccc4c5c(cccc35)CC4)n[nH]2)cc1. The third-order valence-corrected chi connectivity index (χ3v) is 5.43. The molecule has 4 aromatic rings. The van der Waals surface area contributed by atoms with Gasteiger partial charge < -0.3 is 0 Å². The van der Waals surface area contributed by atoms with Crippen LogP contribution >= 0.6 is 0 Å². The van der Waals surface area contributed by atoms with Crippen molar-refractivity contribution in [3.63, 3.8) is 0 Å². The second-order valence-electron chi connectivity index (χ2n) is 7.39. The molecule has 2 N–H and O–H groups in total. The first-order valence-corrected chi connectivity index (χ1v) is 9.68. The van der Waals surface area contributed by atoms with E-state index in [1.165, 1.54) is 27.5 Å². The zero-order valence-corrected chi connectivity index (χ0v) is 16.1. The number of H-pyrrole nitrogens is 1. The molecule has 29 heavy (non-hydrogen) atoms. The molecule has 5 heteroatoms. The van der Waals surface area contributed by atoms with Crippen LogP contribution in [0, 0.1) is 6.92 Å². The van der Waals surface area contributed by atoms with E-state index in [0.29, 0.717) is 5.69 Å². The first kappa shape index (κ1) is 17.4. The fraction of sp³-hybridized carbons (Fsp3) is 0.125. The van der Waals surface area contributed by atoms with E-state index in [1.54, 1.807) is 12.3 Å². The average molecular weight is 380 g/mol. The molecule has 0 saturated heterocycles. The van der Waals surface area contributed by atoms with E-state index in [-0.39, 0.29) is 5.91 Å². The smallest absolute Gasteiger partial charge is 0.272 e. The quantitative estimate of drug-likeness (QED) is 0.407. The van der Waals surface area contributed by atoms with Gasteiger partial charge in [-0.05, 0) is 53.3 Å². The van der Waals surface area contributed by atoms with Gasteiger partial charge >= 0.3 is 0 Å². The normalized spacial score (nSPS) is 12.7. The minimum atomic E-state index is -0.321. The predicted molar refractivity (Wildman–Crippen MR) is 115 cm³/mol. The lowest BCUT2D eigenvalue weighted by atomic mass is 9.98. The maximum atomic E-state index is 12.4. The molecule has 0 aliphatic heterocycles. The van der Waals surface area contributed by atoms with Crippen LogP contribution in [0.5, 0.6) is 0 Å². The minimum Gasteiger partial charge on any atom is -0.272 e. The van der Waals surface area contributed by atoms with Crippen LogP contribution in [-0.2, 0) is 12.8 Å². The lowest BCUT2D eigenvalue weighted by Crippen LogP contribution is -2.17. The van der Waals surface area contributed by atoms with E-state index >= 15 is 0 Å². The summed E-state index contributed by atoms with van der Waals surface area (Å²) in [6.45, 7) is 2.03. The molecule has 0 atom stereocenters. The molecule has 0 spiro atoms. The zero-order chi connectivity index (χ0) is 19.8. The lowest BCUT2D eigenvalue weighted by molar-refractivity contribution is 0.0950. The molecule has 0 unspecified atom stereocenters. The summed E-state index contributed by atoms with van der Waals surface area (Å²) in [5.41, 5.74) is 9.60. The number of aryl methyl sites for hydroxylation is 3. The van der Waals surface area contributed by atoms with Gasteiger partial charge in [0.25, 0.3) is 5.91 Å². The molecule has 1 aliphatic carbocycles. The molecule has 5 nitrogen and oxygen atoms in total. The molecular weight excluding hydrogens is 360 g/mol. The maximum absolute atomic E-state index is 12.4. The fourth-order valence-corrected chi connectivity index (χ4v) is 3.92. The van der Waals surface area contributed by atoms with Crippen molar-refractivity contribution in [2.24, 2.45) is 5.10 Å². The number of nitrogens with one attached hydrogen (secondary N) is 2. The number of rotatable bonds is 4. The highest BCUT2D eigenvalue weighted by Crippen LogP contribution is 2.36. The molecule has 0 saturated carbocycles. The molecular formula is C24H20N4O. The number of nitrogens with zero attached hydrogens (tertiary/aromatic N) is 2. The van der Waals surface area contributed by atoms with E-state index in [9.17, 15) is 4.79 Å². The van der Waals surface area contributed by atoms with Crippen LogP contribution < -0.4 is 5.43 Å². The Bertz CT molecular complexity index is 1240. The summed E-state index contributed by atoms with van der Waals surface area (Å²) in [5, 5.41) is 13.8. The van der Waals surface area contributed by atoms with Gasteiger partial charge in [-0.1, -0.05) is 60.2 Å². The second-order valence-corrected chi connectivity index (χ2v) is 7.39. The van der Waals surface area contributed by atoms with Crippen molar-refractivity contribution in [3.8, 4) is 11.3 Å². The Labute approximate surface area is 168 Å². The van der Waals surface area contributed by atoms with E-state index < -0.39 is 0 Å². The fourth-order valence-electron chi connectivity index (χ4n) is 3.92. The Hall–Kier alpha value is -3.73. The molecule has 5 rings (SSSR count). The van der Waals surface area contributed by atoms with E-state index in [2.05, 4.69) is 51.1 Å². The first-order chi connectivity index (χ1) is 14.2. The number of hydrogen-bond acceptors (Lipinski definition) is 3. The van der Waals surface area contributed by atoms with Crippen molar-refractivity contribution in [1.82, 2.24) is 15.6 Å². The van der Waals surface area contributed by atoms with Gasteiger partial charge in [0.1, 0.15) is 5.69 Å². The summed E-state index contributed by atoms with van der Waals surface area (Å²) in [7, 11) is 0. The molecule has 0 radical (unpaired) electrons. The summed E-state index contributed by atoms with van der Waals surface area (Å²) in [6, 6.07) is 20.4. The number of benzene rings is 3. The summed E-state index contributed by atoms with van der Waals surface area (Å²) in [5.74, 6) is -0.321. The Kier molecular flexibility index (Phi) is 4.21. The van der Waals surface area contributed by atoms with Crippen LogP contribution in [0.25, 0.3) is 22.0 Å². The molecule has 142 valence electrons. The number of carbonyl (C=O) groups is 1. The standard InChI is InChI=1S/C24H20N4O/c1-15-5-7-16(8-6-15)14-25-28-24(29)22-13-21(26-27-22)19-12-11-18-10-9-17-3-2-4-20(19)23(17)18/h2-8,11-14H,9-10H2,1H3,(H,26,27)(H,28,29)/b25-14-. The van der Waals surface area contributed by atoms with Gasteiger partial charge in [-0.2, -0.15) is 10.2 Å². The van der Waals surface area contributed by atoms with Crippen molar-refractivity contribution in [2.45, 2.75) is 19.8 Å². The van der Waals surface area contributed by atoms with Gasteiger partial charge in [-0.15, -0.1) is 0 Å². The van der Waals surface area contributed by atoms with Gasteiger partial charge in [-0.3, -0.25) is 9.89 Å². The summed E-state index contributed by atoms with van der Waals surface area (Å²) in [6.07, 6.45) is 3.80. The first-order valence-electron chi connectivity index (χ1n) is 9.68. The molecule has 1 amide bonds. The van der Waals surface area contributed by atoms with Crippen LogP contribution in [0.1, 0.15) is 32.7 Å². The van der Waals surface area contributed by atoms with Crippen LogP contribution in [0.3, 0.4) is 0 Å². The third kappa shape index (κ3) is 3.21. The van der Waals surface area contributed by atoms with Crippen LogP contribution in [0.4, 0.5) is 0 Å². The van der Waals surface area contributed by atoms with Gasteiger partial charge in [0.2, 0.25) is 0 Å². The number of amides is 1. The molecule has 1 heterocycles. The number of hydrazone groups is 1. The van der Waals surface area contributed by atoms with Crippen molar-refractivity contribution in [2.75, 3.05) is 0 Å². The van der Waals surface area contributed by atoms with E-state index in [4.69, 9.17) is 0 Å². The highest BCUT2D eigenvalue weighted by molar-refractivity contribution is 6.02. The van der Waals surface area contributed by atoms with Crippen molar-refractivity contribution >= 4 is 22.9 Å². The number of aromatic amines is 1. The predicted octanol–water partition coefficient (Wildman–Crippen LogP) is 4.40. The van der Waals surface area contributed by atoms with Crippen LogP contribution in [0.2, 0.25) is 0 Å². The van der Waals surface area contributed by atoms with Crippen molar-refractivity contribution < 1.29 is 4.79 Å². The Balaban J connectivity index is 1.38. The van der Waals surface area contributed by atoms with Gasteiger partial charge in [0, 0.05) is 5.56 Å². The van der Waals surface area contributed by atoms with Crippen LogP contribution in [-0.4, -0.2) is 22.3 Å². The van der Waals surface area contributed by atoms with E-state index in [1.807, 2.05) is 31.2 Å². The monoisotopic (exact) mass is 380 g/mol. The van der Waals surface area contributed by atoms with Crippen molar-refractivity contribution in [1.29, 1.82) is 0 Å². The highest BCUT2D eigenvalue weighted by atomic mass is 16.2. The number of carbonyl (C=O) groups excluding carboxylic acids is 1. The molecule has 3 aromatic carbocycles. The van der Waals surface area contributed by atoms with Crippen molar-refractivity contribution in [3.05, 3.63) is 88.6 Å². The maximum Gasteiger partial charge on any atom is 0.289 e. The van der Waals surface area contributed by atoms with Gasteiger partial charge in [0.15, 0.2) is 0 Å². The van der Waals surface area contributed by atoms with Gasteiger partial charge in [-0.25, -0.2) is 5.43 Å². The minimum absolute atomic E-state index is 0.321. The highest BCUT2D eigenvalue weighted by Gasteiger charge is 2.18. The average Bonchev–Trinajstić information content (AvgIpc) is 3.39. The number of aromatic nitrogens is 2. The largest absolute Gasteiger partial charge is 0.289 e. The Morgan fingerprint density at radius 2 is 1.86 bits per heavy atom. The molecule has 0 fully saturated rings. The lowest BCUT2D eigenvalue weighted by Gasteiger charge is -2.06. The topological polar surface area (TPSA) is 70.1 Å². The number of hydrogen-bond donors (Lipinski definition) is 2. The molecule has 0 bridgehead atoms. The van der Waals surface area contributed by atoms with Crippen LogP contribution in [0.15, 0.2) is 65.8 Å². The van der Waals surface area contributed by atoms with E-state index in [0.717, 1.165) is 29.7 Å². The Morgan fingerprint density at radius 3 is 2.69 bits per heavy atom. The second kappa shape index (κ2) is 7.02. The summed E-state index contributed by atoms with van der Waals surface area (Å²) >= 11 is 0. The molecule has 1 aromatic heterocycles. The summed E-state index contributed by atoms with van der Waals surface area (Å²) < 4.78 is 0.